The number of hydrogen-bond donors (Lipinski definition) is 0. The van der Waals surface area contributed by atoms with Crippen molar-refractivity contribution in [3.63, 3.8) is 0 Å². The zero-order valence-corrected chi connectivity index (χ0v) is 8.35. The third-order valence-electron chi connectivity index (χ3n) is 1.47. The van der Waals surface area contributed by atoms with Gasteiger partial charge in [-0.25, -0.2) is 13.7 Å². The normalized spacial score (nSPS) is 9.85. The molecule has 4 heteroatoms. The summed E-state index contributed by atoms with van der Waals surface area (Å²) >= 11 is 0. The SMILES string of the molecule is [C-]#CS(=O)(=O)c1ccc(C)cc1.[Li+]. The van der Waals surface area contributed by atoms with Gasteiger partial charge >= 0.3 is 18.9 Å². The molecular weight excluding hydrogens is 179 g/mol. The number of rotatable bonds is 1. The molecule has 0 amide bonds. The third-order valence-corrected chi connectivity index (χ3v) is 2.63. The Bertz CT molecular complexity index is 412. The predicted molar refractivity (Wildman–Crippen MR) is 45.5 cm³/mol. The average molecular weight is 186 g/mol. The fourth-order valence-electron chi connectivity index (χ4n) is 0.776. The quantitative estimate of drug-likeness (QED) is 0.298. The molecule has 13 heavy (non-hydrogen) atoms. The summed E-state index contributed by atoms with van der Waals surface area (Å²) < 4.78 is 22.0. The molecule has 0 atom stereocenters. The topological polar surface area (TPSA) is 34.1 Å². The van der Waals surface area contributed by atoms with Gasteiger partial charge in [0.25, 0.3) is 0 Å². The Hall–Kier alpha value is -0.673. The summed E-state index contributed by atoms with van der Waals surface area (Å²) in [4.78, 5) is 0.114. The van der Waals surface area contributed by atoms with Crippen molar-refractivity contribution in [2.75, 3.05) is 0 Å². The molecule has 0 saturated heterocycles. The maximum atomic E-state index is 11.0. The molecule has 1 aromatic carbocycles. The van der Waals surface area contributed by atoms with Crippen molar-refractivity contribution in [2.24, 2.45) is 0 Å². The van der Waals surface area contributed by atoms with Crippen LogP contribution in [0.1, 0.15) is 5.56 Å². The molecule has 0 unspecified atom stereocenters. The summed E-state index contributed by atoms with van der Waals surface area (Å²) in [5.74, 6) is 0. The van der Waals surface area contributed by atoms with Crippen LogP contribution in [0.25, 0.3) is 0 Å². The Morgan fingerprint density at radius 3 is 2.08 bits per heavy atom. The van der Waals surface area contributed by atoms with Gasteiger partial charge in [0.2, 0.25) is 9.84 Å². The van der Waals surface area contributed by atoms with Crippen LogP contribution < -0.4 is 18.9 Å². The standard InChI is InChI=1S/C9H7O2S.Li/c1-3-12(10,11)9-6-4-8(2)5-7-9;/h4-7H,2H3;/q-1;+1. The molecule has 0 heterocycles. The Labute approximate surface area is 90.4 Å². The van der Waals surface area contributed by atoms with Crippen LogP contribution >= 0.6 is 0 Å². The summed E-state index contributed by atoms with van der Waals surface area (Å²) in [6.45, 7) is 1.87. The van der Waals surface area contributed by atoms with Crippen LogP contribution in [0.4, 0.5) is 0 Å². The minimum Gasteiger partial charge on any atom is -0.676 e. The van der Waals surface area contributed by atoms with Crippen LogP contribution in [0.15, 0.2) is 29.2 Å². The Morgan fingerprint density at radius 1 is 1.23 bits per heavy atom. The largest absolute Gasteiger partial charge is 1.00 e. The smallest absolute Gasteiger partial charge is 0.676 e. The van der Waals surface area contributed by atoms with Crippen LogP contribution in [0, 0.1) is 18.6 Å². The summed E-state index contributed by atoms with van der Waals surface area (Å²) in [5, 5.41) is 1.50. The van der Waals surface area contributed by atoms with Crippen molar-refractivity contribution in [2.45, 2.75) is 11.8 Å². The molecule has 0 fully saturated rings. The fraction of sp³-hybridized carbons (Fsp3) is 0.111. The Kier molecular flexibility index (Phi) is 4.30. The van der Waals surface area contributed by atoms with Crippen molar-refractivity contribution < 1.29 is 27.3 Å². The van der Waals surface area contributed by atoms with Gasteiger partial charge < -0.3 is 6.42 Å². The number of aryl methyl sites for hydroxylation is 1. The summed E-state index contributed by atoms with van der Waals surface area (Å²) in [5.41, 5.74) is 0.985. The van der Waals surface area contributed by atoms with E-state index in [0.29, 0.717) is 0 Å². The van der Waals surface area contributed by atoms with Crippen LogP contribution in [0.3, 0.4) is 0 Å². The van der Waals surface area contributed by atoms with Crippen LogP contribution in [-0.2, 0) is 9.84 Å². The molecule has 0 aliphatic carbocycles. The third kappa shape index (κ3) is 2.93. The van der Waals surface area contributed by atoms with E-state index in [-0.39, 0.29) is 23.8 Å². The predicted octanol–water partition coefficient (Wildman–Crippen LogP) is -1.68. The van der Waals surface area contributed by atoms with Gasteiger partial charge in [0, 0.05) is 0 Å². The summed E-state index contributed by atoms with van der Waals surface area (Å²) in [6, 6.07) is 6.30. The van der Waals surface area contributed by atoms with Gasteiger partial charge in [-0.15, -0.1) is 0 Å². The zero-order valence-electron chi connectivity index (χ0n) is 7.53. The maximum absolute atomic E-state index is 11.0. The average Bonchev–Trinajstić information content (AvgIpc) is 2.05. The van der Waals surface area contributed by atoms with Gasteiger partial charge in [-0.2, -0.15) is 0 Å². The second-order valence-electron chi connectivity index (χ2n) is 2.42. The van der Waals surface area contributed by atoms with E-state index in [1.54, 1.807) is 12.1 Å². The number of benzene rings is 1. The second-order valence-corrected chi connectivity index (χ2v) is 4.10. The first-order valence-electron chi connectivity index (χ1n) is 3.31. The van der Waals surface area contributed by atoms with Crippen molar-refractivity contribution >= 4 is 9.84 Å². The Morgan fingerprint density at radius 2 is 1.69 bits per heavy atom. The van der Waals surface area contributed by atoms with Crippen molar-refractivity contribution in [3.8, 4) is 5.25 Å². The molecule has 0 spiro atoms. The van der Waals surface area contributed by atoms with Gasteiger partial charge in [0.05, 0.1) is 4.90 Å². The minimum absolute atomic E-state index is 0. The molecule has 0 radical (unpaired) electrons. The van der Waals surface area contributed by atoms with Crippen molar-refractivity contribution in [1.29, 1.82) is 0 Å². The monoisotopic (exact) mass is 186 g/mol. The number of hydrogen-bond acceptors (Lipinski definition) is 2. The van der Waals surface area contributed by atoms with E-state index < -0.39 is 9.84 Å². The van der Waals surface area contributed by atoms with E-state index >= 15 is 0 Å². The molecule has 0 aliphatic rings. The van der Waals surface area contributed by atoms with E-state index in [1.807, 2.05) is 6.92 Å². The van der Waals surface area contributed by atoms with Gasteiger partial charge in [0.1, 0.15) is 0 Å². The maximum Gasteiger partial charge on any atom is 1.00 e. The first kappa shape index (κ1) is 12.3. The minimum atomic E-state index is -3.60. The molecule has 0 aliphatic heterocycles. The van der Waals surface area contributed by atoms with E-state index in [0.717, 1.165) is 5.56 Å². The van der Waals surface area contributed by atoms with E-state index in [2.05, 4.69) is 0 Å². The van der Waals surface area contributed by atoms with Crippen LogP contribution in [0.2, 0.25) is 0 Å². The molecule has 2 nitrogen and oxygen atoms in total. The molecule has 0 N–H and O–H groups in total. The molecule has 1 rings (SSSR count). The van der Waals surface area contributed by atoms with E-state index in [9.17, 15) is 8.42 Å². The molecule has 0 aromatic heterocycles. The zero-order chi connectivity index (χ0) is 9.19. The fourth-order valence-corrected chi connectivity index (χ4v) is 1.39. The second kappa shape index (κ2) is 4.53. The molecular formula is C9H7LiO2S. The van der Waals surface area contributed by atoms with Gasteiger partial charge in [-0.3, -0.25) is 0 Å². The van der Waals surface area contributed by atoms with Gasteiger partial charge in [-0.1, -0.05) is 17.7 Å². The van der Waals surface area contributed by atoms with Crippen LogP contribution in [-0.4, -0.2) is 8.42 Å². The van der Waals surface area contributed by atoms with Gasteiger partial charge in [0.15, 0.2) is 0 Å². The van der Waals surface area contributed by atoms with Gasteiger partial charge in [-0.05, 0) is 19.1 Å². The summed E-state index contributed by atoms with van der Waals surface area (Å²) in [6.07, 6.45) is 6.56. The van der Waals surface area contributed by atoms with Crippen molar-refractivity contribution in [1.82, 2.24) is 0 Å². The molecule has 1 aromatic rings. The van der Waals surface area contributed by atoms with Crippen LogP contribution in [0.5, 0.6) is 0 Å². The molecule has 0 saturated carbocycles. The summed E-state index contributed by atoms with van der Waals surface area (Å²) in [7, 11) is -3.60. The molecule has 0 bridgehead atoms. The first-order valence-corrected chi connectivity index (χ1v) is 4.80. The Balaban J connectivity index is 0.00000144. The number of sulfone groups is 1. The van der Waals surface area contributed by atoms with E-state index in [4.69, 9.17) is 6.42 Å². The van der Waals surface area contributed by atoms with Crippen molar-refractivity contribution in [3.05, 3.63) is 36.3 Å². The van der Waals surface area contributed by atoms with E-state index in [1.165, 1.54) is 17.4 Å². The first-order chi connectivity index (χ1) is 5.56. The molecule has 62 valence electrons.